The minimum atomic E-state index is -1.76. The van der Waals surface area contributed by atoms with Gasteiger partial charge in [0.1, 0.15) is 0 Å². The van der Waals surface area contributed by atoms with E-state index < -0.39 is 9.03 Å². The second-order valence-electron chi connectivity index (χ2n) is 3.09. The van der Waals surface area contributed by atoms with Gasteiger partial charge in [-0.05, 0) is 18.6 Å². The minimum absolute atomic E-state index is 0.321. The molecule has 92 valence electrons. The van der Waals surface area contributed by atoms with Crippen LogP contribution in [-0.2, 0) is 4.79 Å². The summed E-state index contributed by atoms with van der Waals surface area (Å²) >= 11 is 17.1. The van der Waals surface area contributed by atoms with Crippen LogP contribution >= 0.6 is 46.8 Å². The van der Waals surface area contributed by atoms with Gasteiger partial charge in [-0.25, -0.2) is 4.31 Å². The first-order chi connectivity index (χ1) is 7.85. The van der Waals surface area contributed by atoms with Gasteiger partial charge in [-0.3, -0.25) is 9.59 Å². The molecule has 0 aliphatic carbocycles. The number of nitrogens with zero attached hydrogens (tertiary/aromatic N) is 1. The molecule has 0 saturated carbocycles. The molecular formula is C10H8Cl3NO2S. The first-order valence-corrected chi connectivity index (χ1v) is 6.36. The van der Waals surface area contributed by atoms with Crippen LogP contribution in [0.2, 0.25) is 0 Å². The number of hydrogen-bond donors (Lipinski definition) is 0. The first-order valence-electron chi connectivity index (χ1n) is 4.45. The molecule has 0 saturated heterocycles. The van der Waals surface area contributed by atoms with Gasteiger partial charge in [0, 0.05) is 17.5 Å². The monoisotopic (exact) mass is 311 g/mol. The van der Waals surface area contributed by atoms with Crippen LogP contribution < -0.4 is 0 Å². The molecule has 17 heavy (non-hydrogen) atoms. The van der Waals surface area contributed by atoms with Gasteiger partial charge in [-0.1, -0.05) is 53.0 Å². The molecule has 0 spiro atoms. The van der Waals surface area contributed by atoms with Crippen molar-refractivity contribution in [1.29, 1.82) is 0 Å². The van der Waals surface area contributed by atoms with Crippen LogP contribution in [0.4, 0.5) is 0 Å². The van der Waals surface area contributed by atoms with E-state index in [1.165, 1.54) is 0 Å². The van der Waals surface area contributed by atoms with Gasteiger partial charge in [0.2, 0.25) is 6.41 Å². The van der Waals surface area contributed by atoms with Gasteiger partial charge in [-0.2, -0.15) is 0 Å². The Morgan fingerprint density at radius 3 is 2.41 bits per heavy atom. The number of alkyl halides is 3. The zero-order valence-electron chi connectivity index (χ0n) is 8.69. The molecule has 0 aromatic heterocycles. The molecule has 0 unspecified atom stereocenters. The zero-order valence-corrected chi connectivity index (χ0v) is 11.8. The Hall–Kier alpha value is -0.420. The van der Waals surface area contributed by atoms with Crippen LogP contribution in [0.15, 0.2) is 24.3 Å². The maximum atomic E-state index is 12.0. The van der Waals surface area contributed by atoms with Crippen LogP contribution in [0.5, 0.6) is 0 Å². The molecule has 1 aromatic carbocycles. The van der Waals surface area contributed by atoms with E-state index >= 15 is 0 Å². The Kier molecular flexibility index (Phi) is 5.13. The average molecular weight is 313 g/mol. The van der Waals surface area contributed by atoms with E-state index in [1.807, 2.05) is 0 Å². The van der Waals surface area contributed by atoms with Crippen molar-refractivity contribution in [3.63, 3.8) is 0 Å². The van der Waals surface area contributed by atoms with Crippen molar-refractivity contribution in [1.82, 2.24) is 4.31 Å². The number of carbonyl (C=O) groups excluding carboxylic acids is 2. The summed E-state index contributed by atoms with van der Waals surface area (Å²) < 4.78 is -1.01. The maximum absolute atomic E-state index is 12.0. The molecule has 3 nitrogen and oxygen atoms in total. The van der Waals surface area contributed by atoms with E-state index in [-0.39, 0.29) is 0 Å². The Labute approximate surface area is 118 Å². The van der Waals surface area contributed by atoms with Gasteiger partial charge in [0.25, 0.3) is 9.03 Å². The van der Waals surface area contributed by atoms with Crippen LogP contribution in [-0.4, -0.2) is 19.7 Å². The largest absolute Gasteiger partial charge is 0.277 e. The highest BCUT2D eigenvalue weighted by Gasteiger charge is 2.29. The number of carbonyl (C=O) groups is 2. The van der Waals surface area contributed by atoms with Crippen molar-refractivity contribution in [3.05, 3.63) is 35.4 Å². The fraction of sp³-hybridized carbons (Fsp3) is 0.200. The van der Waals surface area contributed by atoms with E-state index in [1.54, 1.807) is 31.2 Å². The van der Waals surface area contributed by atoms with Gasteiger partial charge in [0.15, 0.2) is 0 Å². The molecule has 0 fully saturated rings. The second-order valence-corrected chi connectivity index (χ2v) is 7.23. The third-order valence-corrected chi connectivity index (χ3v) is 3.15. The lowest BCUT2D eigenvalue weighted by Crippen LogP contribution is -2.26. The Morgan fingerprint density at radius 2 is 1.94 bits per heavy atom. The number of aryl methyl sites for hydroxylation is 1. The van der Waals surface area contributed by atoms with Gasteiger partial charge in [0.05, 0.1) is 0 Å². The number of benzene rings is 1. The lowest BCUT2D eigenvalue weighted by Gasteiger charge is -2.19. The van der Waals surface area contributed by atoms with Crippen molar-refractivity contribution in [2.24, 2.45) is 0 Å². The Balaban J connectivity index is 2.95. The van der Waals surface area contributed by atoms with Gasteiger partial charge >= 0.3 is 0 Å². The maximum Gasteiger partial charge on any atom is 0.270 e. The molecule has 0 heterocycles. The predicted molar refractivity (Wildman–Crippen MR) is 71.3 cm³/mol. The second kappa shape index (κ2) is 5.96. The van der Waals surface area contributed by atoms with Gasteiger partial charge < -0.3 is 0 Å². The molecule has 0 N–H and O–H groups in total. The van der Waals surface area contributed by atoms with E-state index in [0.717, 1.165) is 9.87 Å². The standard InChI is InChI=1S/C10H8Cl3NO2S/c1-7-4-2-3-5-8(7)9(16)14(6-15)17-10(11,12)13/h2-6H,1H3. The highest BCUT2D eigenvalue weighted by atomic mass is 35.6. The molecule has 2 amide bonds. The fourth-order valence-corrected chi connectivity index (χ4v) is 2.27. The summed E-state index contributed by atoms with van der Waals surface area (Å²) in [6.45, 7) is 1.76. The fourth-order valence-electron chi connectivity index (χ4n) is 1.15. The normalized spacial score (nSPS) is 11.1. The highest BCUT2D eigenvalue weighted by Crippen LogP contribution is 2.40. The number of rotatable bonds is 3. The summed E-state index contributed by atoms with van der Waals surface area (Å²) in [5, 5.41) is 0. The Morgan fingerprint density at radius 1 is 1.35 bits per heavy atom. The summed E-state index contributed by atoms with van der Waals surface area (Å²) in [5.41, 5.74) is 1.13. The molecule has 7 heteroatoms. The number of amides is 2. The molecule has 1 aromatic rings. The number of imide groups is 1. The van der Waals surface area contributed by atoms with Crippen molar-refractivity contribution >= 4 is 59.1 Å². The molecule has 0 bridgehead atoms. The van der Waals surface area contributed by atoms with Crippen molar-refractivity contribution in [3.8, 4) is 0 Å². The predicted octanol–water partition coefficient (Wildman–Crippen LogP) is 3.57. The minimum Gasteiger partial charge on any atom is -0.277 e. The summed E-state index contributed by atoms with van der Waals surface area (Å²) in [7, 11) is 0. The zero-order chi connectivity index (χ0) is 13.1. The lowest BCUT2D eigenvalue weighted by molar-refractivity contribution is -0.112. The topological polar surface area (TPSA) is 37.4 Å². The summed E-state index contributed by atoms with van der Waals surface area (Å²) in [6.07, 6.45) is 0.321. The summed E-state index contributed by atoms with van der Waals surface area (Å²) in [4.78, 5) is 22.8. The van der Waals surface area contributed by atoms with Crippen molar-refractivity contribution in [2.45, 2.75) is 10.0 Å². The van der Waals surface area contributed by atoms with E-state index in [9.17, 15) is 9.59 Å². The molecule has 1 rings (SSSR count). The van der Waals surface area contributed by atoms with E-state index in [4.69, 9.17) is 34.8 Å². The number of hydrogen-bond acceptors (Lipinski definition) is 3. The number of halogens is 3. The van der Waals surface area contributed by atoms with E-state index in [0.29, 0.717) is 23.9 Å². The van der Waals surface area contributed by atoms with Crippen molar-refractivity contribution < 1.29 is 9.59 Å². The van der Waals surface area contributed by atoms with Crippen LogP contribution in [0.25, 0.3) is 0 Å². The summed E-state index contributed by atoms with van der Waals surface area (Å²) in [6, 6.07) is 6.85. The molecular weight excluding hydrogens is 305 g/mol. The molecule has 0 radical (unpaired) electrons. The van der Waals surface area contributed by atoms with Crippen LogP contribution in [0.3, 0.4) is 0 Å². The highest BCUT2D eigenvalue weighted by molar-refractivity contribution is 8.03. The average Bonchev–Trinajstić information content (AvgIpc) is 2.24. The Bertz CT molecular complexity index is 434. The third-order valence-electron chi connectivity index (χ3n) is 1.87. The van der Waals surface area contributed by atoms with Crippen molar-refractivity contribution in [2.75, 3.05) is 0 Å². The van der Waals surface area contributed by atoms with Gasteiger partial charge in [-0.15, -0.1) is 0 Å². The molecule has 0 aliphatic rings. The molecule has 0 atom stereocenters. The smallest absolute Gasteiger partial charge is 0.270 e. The van der Waals surface area contributed by atoms with E-state index in [2.05, 4.69) is 0 Å². The van der Waals surface area contributed by atoms with Crippen LogP contribution in [0, 0.1) is 6.92 Å². The quantitative estimate of drug-likeness (QED) is 0.486. The summed E-state index contributed by atoms with van der Waals surface area (Å²) in [5.74, 6) is -0.519. The SMILES string of the molecule is Cc1ccccc1C(=O)N(C=O)SC(Cl)(Cl)Cl. The molecule has 0 aliphatic heterocycles. The first kappa shape index (κ1) is 14.6. The third kappa shape index (κ3) is 4.39. The van der Waals surface area contributed by atoms with Crippen LogP contribution in [0.1, 0.15) is 15.9 Å². The lowest BCUT2D eigenvalue weighted by atomic mass is 10.1.